The van der Waals surface area contributed by atoms with Crippen molar-refractivity contribution in [3.63, 3.8) is 0 Å². The second-order valence-corrected chi connectivity index (χ2v) is 6.61. The number of carbonyl (C=O) groups is 1. The van der Waals surface area contributed by atoms with Gasteiger partial charge in [-0.05, 0) is 43.1 Å². The number of rotatable bonds is 8. The van der Waals surface area contributed by atoms with Crippen LogP contribution in [0.3, 0.4) is 0 Å². The monoisotopic (exact) mass is 369 g/mol. The van der Waals surface area contributed by atoms with Gasteiger partial charge in [-0.1, -0.05) is 19.9 Å². The van der Waals surface area contributed by atoms with E-state index in [1.807, 2.05) is 25.2 Å². The van der Waals surface area contributed by atoms with Crippen LogP contribution >= 0.6 is 12.4 Å². The summed E-state index contributed by atoms with van der Waals surface area (Å²) in [5.74, 6) is -0.368. The van der Waals surface area contributed by atoms with Gasteiger partial charge >= 0.3 is 0 Å². The Hall–Kier alpha value is -1.14. The lowest BCUT2D eigenvalue weighted by Crippen LogP contribution is -2.59. The fraction of sp³-hybridized carbons (Fsp3) is 0.632. The number of hydrogen-bond acceptors (Lipinski definition) is 4. The lowest BCUT2D eigenvalue weighted by molar-refractivity contribution is 0.0248. The minimum Gasteiger partial charge on any atom is -0.379 e. The quantitative estimate of drug-likeness (QED) is 0.613. The zero-order valence-corrected chi connectivity index (χ0v) is 16.5. The molecule has 142 valence electrons. The van der Waals surface area contributed by atoms with E-state index in [1.54, 1.807) is 7.11 Å². The number of halogens is 1. The molecule has 0 spiro atoms. The molecule has 0 aliphatic heterocycles. The van der Waals surface area contributed by atoms with E-state index in [1.165, 1.54) is 11.1 Å². The summed E-state index contributed by atoms with van der Waals surface area (Å²) < 4.78 is 5.85. The molecule has 4 N–H and O–H groups in total. The fourth-order valence-corrected chi connectivity index (χ4v) is 4.20. The minimum atomic E-state index is -0.368. The third-order valence-corrected chi connectivity index (χ3v) is 5.62. The predicted octanol–water partition coefficient (Wildman–Crippen LogP) is 2.01. The van der Waals surface area contributed by atoms with E-state index < -0.39 is 0 Å². The van der Waals surface area contributed by atoms with E-state index in [4.69, 9.17) is 10.5 Å². The van der Waals surface area contributed by atoms with E-state index in [9.17, 15) is 4.79 Å². The number of hydrogen-bond donors (Lipinski definition) is 3. The van der Waals surface area contributed by atoms with E-state index in [0.29, 0.717) is 5.56 Å². The van der Waals surface area contributed by atoms with Crippen molar-refractivity contribution in [2.75, 3.05) is 27.2 Å². The Labute approximate surface area is 157 Å². The number of likely N-dealkylation sites (N-methyl/N-ethyl adjacent to an activating group) is 1. The number of primary amides is 1. The summed E-state index contributed by atoms with van der Waals surface area (Å²) in [6, 6.07) is 6.09. The van der Waals surface area contributed by atoms with E-state index in [-0.39, 0.29) is 35.9 Å². The molecule has 6 heteroatoms. The Balaban J connectivity index is 0.00000312. The molecule has 0 aromatic heterocycles. The zero-order valence-electron chi connectivity index (χ0n) is 15.7. The third kappa shape index (κ3) is 4.17. The Kier molecular flexibility index (Phi) is 8.35. The first-order valence-corrected chi connectivity index (χ1v) is 8.88. The lowest BCUT2D eigenvalue weighted by Gasteiger charge is -2.49. The lowest BCUT2D eigenvalue weighted by atomic mass is 9.62. The van der Waals surface area contributed by atoms with Gasteiger partial charge in [-0.2, -0.15) is 0 Å². The maximum Gasteiger partial charge on any atom is 0.248 e. The van der Waals surface area contributed by atoms with Crippen molar-refractivity contribution in [1.29, 1.82) is 0 Å². The molecule has 1 aliphatic rings. The molecule has 1 aromatic rings. The normalized spacial score (nSPS) is 21.3. The van der Waals surface area contributed by atoms with Gasteiger partial charge in [0.1, 0.15) is 0 Å². The highest BCUT2D eigenvalue weighted by Crippen LogP contribution is 2.44. The molecular formula is C19H32ClN3O2. The van der Waals surface area contributed by atoms with Crippen molar-refractivity contribution < 1.29 is 9.53 Å². The van der Waals surface area contributed by atoms with Crippen LogP contribution in [0.25, 0.3) is 0 Å². The molecule has 1 amide bonds. The molecule has 5 nitrogen and oxygen atoms in total. The van der Waals surface area contributed by atoms with Crippen LogP contribution in [0, 0.1) is 0 Å². The SMILES string of the molecule is CCC1(CC)c2cc(C(N)=O)ccc2CC(OC)C1NCCNC.Cl. The highest BCUT2D eigenvalue weighted by molar-refractivity contribution is 5.93. The van der Waals surface area contributed by atoms with Crippen LogP contribution < -0.4 is 16.4 Å². The molecule has 0 fully saturated rings. The summed E-state index contributed by atoms with van der Waals surface area (Å²) in [6.07, 6.45) is 2.93. The molecule has 0 radical (unpaired) electrons. The average Bonchev–Trinajstić information content (AvgIpc) is 2.60. The summed E-state index contributed by atoms with van der Waals surface area (Å²) in [4.78, 5) is 11.7. The smallest absolute Gasteiger partial charge is 0.248 e. The Bertz CT molecular complexity index is 576. The van der Waals surface area contributed by atoms with Crippen molar-refractivity contribution >= 4 is 18.3 Å². The highest BCUT2D eigenvalue weighted by Gasteiger charge is 2.46. The number of carbonyl (C=O) groups excluding carboxylic acids is 1. The number of fused-ring (bicyclic) bond motifs is 1. The van der Waals surface area contributed by atoms with Gasteiger partial charge < -0.3 is 21.1 Å². The predicted molar refractivity (Wildman–Crippen MR) is 105 cm³/mol. The van der Waals surface area contributed by atoms with E-state index >= 15 is 0 Å². The highest BCUT2D eigenvalue weighted by atomic mass is 35.5. The van der Waals surface area contributed by atoms with Gasteiger partial charge in [0.05, 0.1) is 6.10 Å². The second-order valence-electron chi connectivity index (χ2n) is 6.61. The van der Waals surface area contributed by atoms with Gasteiger partial charge in [-0.3, -0.25) is 4.79 Å². The molecule has 2 rings (SSSR count). The maximum absolute atomic E-state index is 11.7. The van der Waals surface area contributed by atoms with Crippen molar-refractivity contribution in [3.05, 3.63) is 34.9 Å². The summed E-state index contributed by atoms with van der Waals surface area (Å²) in [7, 11) is 3.74. The molecular weight excluding hydrogens is 338 g/mol. The molecule has 2 atom stereocenters. The van der Waals surface area contributed by atoms with E-state index in [0.717, 1.165) is 32.4 Å². The first-order valence-electron chi connectivity index (χ1n) is 8.88. The first kappa shape index (κ1) is 21.9. The Morgan fingerprint density at radius 2 is 2.00 bits per heavy atom. The Morgan fingerprint density at radius 1 is 1.32 bits per heavy atom. The van der Waals surface area contributed by atoms with Crippen LogP contribution in [0.2, 0.25) is 0 Å². The molecule has 1 aliphatic carbocycles. The number of nitrogens with two attached hydrogens (primary N) is 1. The fourth-order valence-electron chi connectivity index (χ4n) is 4.20. The molecule has 2 unspecified atom stereocenters. The van der Waals surface area contributed by atoms with Gasteiger partial charge in [0.2, 0.25) is 5.91 Å². The molecule has 25 heavy (non-hydrogen) atoms. The summed E-state index contributed by atoms with van der Waals surface area (Å²) in [5, 5.41) is 6.88. The topological polar surface area (TPSA) is 76.4 Å². The molecule has 0 saturated carbocycles. The number of benzene rings is 1. The van der Waals surface area contributed by atoms with Gasteiger partial charge in [-0.15, -0.1) is 12.4 Å². The van der Waals surface area contributed by atoms with Crippen molar-refractivity contribution in [1.82, 2.24) is 10.6 Å². The van der Waals surface area contributed by atoms with E-state index in [2.05, 4.69) is 24.5 Å². The summed E-state index contributed by atoms with van der Waals surface area (Å²) in [6.45, 7) is 6.22. The minimum absolute atomic E-state index is 0. The van der Waals surface area contributed by atoms with Crippen LogP contribution in [-0.2, 0) is 16.6 Å². The van der Waals surface area contributed by atoms with Crippen molar-refractivity contribution in [2.24, 2.45) is 5.73 Å². The Morgan fingerprint density at radius 3 is 2.52 bits per heavy atom. The van der Waals surface area contributed by atoms with Crippen LogP contribution in [0.15, 0.2) is 18.2 Å². The van der Waals surface area contributed by atoms with Gasteiger partial charge in [0.15, 0.2) is 0 Å². The van der Waals surface area contributed by atoms with Gasteiger partial charge in [0.25, 0.3) is 0 Å². The number of nitrogens with one attached hydrogen (secondary N) is 2. The largest absolute Gasteiger partial charge is 0.379 e. The first-order chi connectivity index (χ1) is 11.5. The van der Waals surface area contributed by atoms with Crippen molar-refractivity contribution in [3.8, 4) is 0 Å². The average molecular weight is 370 g/mol. The number of amides is 1. The molecule has 0 heterocycles. The van der Waals surface area contributed by atoms with Crippen LogP contribution in [-0.4, -0.2) is 45.3 Å². The van der Waals surface area contributed by atoms with Crippen LogP contribution in [0.5, 0.6) is 0 Å². The van der Waals surface area contributed by atoms with Gasteiger partial charge in [0, 0.05) is 43.6 Å². The molecule has 1 aromatic carbocycles. The molecule has 0 bridgehead atoms. The van der Waals surface area contributed by atoms with Crippen molar-refractivity contribution in [2.45, 2.75) is 50.7 Å². The summed E-state index contributed by atoms with van der Waals surface area (Å²) >= 11 is 0. The second kappa shape index (κ2) is 9.53. The van der Waals surface area contributed by atoms with Gasteiger partial charge in [-0.25, -0.2) is 0 Å². The number of ether oxygens (including phenoxy) is 1. The zero-order chi connectivity index (χ0) is 17.7. The standard InChI is InChI=1S/C19H31N3O2.ClH/c1-5-19(6-2)15-11-14(18(20)23)8-7-13(15)12-16(24-4)17(19)22-10-9-21-3;/h7-8,11,16-17,21-22H,5-6,9-10,12H2,1-4H3,(H2,20,23);1H. The number of methoxy groups -OCH3 is 1. The third-order valence-electron chi connectivity index (χ3n) is 5.62. The summed E-state index contributed by atoms with van der Waals surface area (Å²) in [5.41, 5.74) is 8.56. The van der Waals surface area contributed by atoms with Crippen LogP contribution in [0.1, 0.15) is 48.2 Å². The van der Waals surface area contributed by atoms with Crippen LogP contribution in [0.4, 0.5) is 0 Å². The molecule has 0 saturated heterocycles. The maximum atomic E-state index is 11.7.